The molecule has 0 saturated carbocycles. The van der Waals surface area contributed by atoms with Gasteiger partial charge in [-0.2, -0.15) is 0 Å². The van der Waals surface area contributed by atoms with Crippen LogP contribution in [-0.2, 0) is 11.3 Å². The van der Waals surface area contributed by atoms with Gasteiger partial charge in [0.2, 0.25) is 0 Å². The first-order valence-corrected chi connectivity index (χ1v) is 6.65. The number of benzene rings is 1. The zero-order valence-electron chi connectivity index (χ0n) is 11.6. The quantitative estimate of drug-likeness (QED) is 0.357. The van der Waals surface area contributed by atoms with Crippen LogP contribution in [0.2, 0.25) is 0 Å². The number of ether oxygens (including phenoxy) is 1. The first-order chi connectivity index (χ1) is 9.83. The highest BCUT2D eigenvalue weighted by Gasteiger charge is 2.32. The third-order valence-corrected chi connectivity index (χ3v) is 3.31. The molecular formula is C15H18N4O. The number of hydrogen-bond acceptors (Lipinski definition) is 3. The van der Waals surface area contributed by atoms with Crippen LogP contribution in [0.25, 0.3) is 10.4 Å². The van der Waals surface area contributed by atoms with Gasteiger partial charge in [0.05, 0.1) is 12.1 Å². The summed E-state index contributed by atoms with van der Waals surface area (Å²) < 4.78 is 5.70. The molecule has 0 bridgehead atoms. The van der Waals surface area contributed by atoms with Crippen LogP contribution in [0.3, 0.4) is 0 Å². The Hall–Kier alpha value is -1.99. The monoisotopic (exact) mass is 270 g/mol. The van der Waals surface area contributed by atoms with Crippen LogP contribution in [0, 0.1) is 11.8 Å². The molecule has 1 heterocycles. The lowest BCUT2D eigenvalue weighted by atomic mass is 10.2. The molecule has 1 fully saturated rings. The molecule has 1 aliphatic heterocycles. The summed E-state index contributed by atoms with van der Waals surface area (Å²) in [5.41, 5.74) is 9.90. The fraction of sp³-hybridized carbons (Fsp3) is 0.467. The van der Waals surface area contributed by atoms with Gasteiger partial charge in [-0.1, -0.05) is 41.4 Å². The molecule has 0 unspecified atom stereocenters. The SMILES string of the molecule is CC#CCO[C@@H]1CN(Cc2ccccc2)C[C@H]1N=[N+]=[N-]. The van der Waals surface area contributed by atoms with Crippen molar-refractivity contribution >= 4 is 0 Å². The van der Waals surface area contributed by atoms with Gasteiger partial charge in [0, 0.05) is 24.5 Å². The summed E-state index contributed by atoms with van der Waals surface area (Å²) >= 11 is 0. The summed E-state index contributed by atoms with van der Waals surface area (Å²) in [6.07, 6.45) is -0.0736. The fourth-order valence-corrected chi connectivity index (χ4v) is 2.37. The summed E-state index contributed by atoms with van der Waals surface area (Å²) in [5.74, 6) is 5.67. The maximum atomic E-state index is 8.65. The topological polar surface area (TPSA) is 61.2 Å². The molecule has 2 atom stereocenters. The molecule has 20 heavy (non-hydrogen) atoms. The van der Waals surface area contributed by atoms with E-state index in [1.807, 2.05) is 18.2 Å². The molecule has 1 aromatic rings. The van der Waals surface area contributed by atoms with Crippen molar-refractivity contribution in [2.24, 2.45) is 5.11 Å². The summed E-state index contributed by atoms with van der Waals surface area (Å²) in [6.45, 7) is 4.51. The fourth-order valence-electron chi connectivity index (χ4n) is 2.37. The zero-order chi connectivity index (χ0) is 14.2. The van der Waals surface area contributed by atoms with E-state index < -0.39 is 0 Å². The molecule has 0 aromatic heterocycles. The average Bonchev–Trinajstić information content (AvgIpc) is 2.83. The molecule has 0 radical (unpaired) electrons. The maximum absolute atomic E-state index is 8.65. The van der Waals surface area contributed by atoms with Crippen molar-refractivity contribution in [3.05, 3.63) is 46.3 Å². The molecular weight excluding hydrogens is 252 g/mol. The first kappa shape index (κ1) is 14.4. The van der Waals surface area contributed by atoms with Crippen LogP contribution in [0.1, 0.15) is 12.5 Å². The normalized spacial score (nSPS) is 21.9. The third kappa shape index (κ3) is 4.01. The van der Waals surface area contributed by atoms with Gasteiger partial charge in [-0.15, -0.1) is 5.92 Å². The number of hydrogen-bond donors (Lipinski definition) is 0. The van der Waals surface area contributed by atoms with Crippen molar-refractivity contribution in [2.45, 2.75) is 25.6 Å². The Labute approximate surface area is 119 Å². The maximum Gasteiger partial charge on any atom is 0.108 e. The van der Waals surface area contributed by atoms with E-state index in [0.717, 1.165) is 19.6 Å². The van der Waals surface area contributed by atoms with Crippen molar-refractivity contribution in [3.8, 4) is 11.8 Å². The van der Waals surface area contributed by atoms with Gasteiger partial charge in [-0.25, -0.2) is 0 Å². The summed E-state index contributed by atoms with van der Waals surface area (Å²) in [5, 5.41) is 3.84. The van der Waals surface area contributed by atoms with Crippen molar-refractivity contribution in [1.29, 1.82) is 0 Å². The van der Waals surface area contributed by atoms with E-state index in [4.69, 9.17) is 10.3 Å². The van der Waals surface area contributed by atoms with E-state index in [0.29, 0.717) is 6.61 Å². The minimum absolute atomic E-state index is 0.0736. The van der Waals surface area contributed by atoms with E-state index in [9.17, 15) is 0 Å². The first-order valence-electron chi connectivity index (χ1n) is 6.65. The molecule has 5 nitrogen and oxygen atoms in total. The van der Waals surface area contributed by atoms with Crippen LogP contribution in [-0.4, -0.2) is 36.7 Å². The highest BCUT2D eigenvalue weighted by Crippen LogP contribution is 2.19. The summed E-state index contributed by atoms with van der Waals surface area (Å²) in [6, 6.07) is 10.1. The van der Waals surface area contributed by atoms with Gasteiger partial charge in [-0.3, -0.25) is 4.90 Å². The molecule has 5 heteroatoms. The smallest absolute Gasteiger partial charge is 0.108 e. The predicted molar refractivity (Wildman–Crippen MR) is 77.8 cm³/mol. The molecule has 1 aliphatic rings. The second kappa shape index (κ2) is 7.56. The molecule has 0 N–H and O–H groups in total. The Kier molecular flexibility index (Phi) is 5.45. The minimum Gasteiger partial charge on any atom is -0.364 e. The molecule has 1 aromatic carbocycles. The van der Waals surface area contributed by atoms with Crippen molar-refractivity contribution in [2.75, 3.05) is 19.7 Å². The lowest BCUT2D eigenvalue weighted by Crippen LogP contribution is -2.25. The van der Waals surface area contributed by atoms with Crippen LogP contribution >= 0.6 is 0 Å². The van der Waals surface area contributed by atoms with Crippen molar-refractivity contribution in [3.63, 3.8) is 0 Å². The highest BCUT2D eigenvalue weighted by atomic mass is 16.5. The van der Waals surface area contributed by atoms with Crippen molar-refractivity contribution in [1.82, 2.24) is 4.90 Å². The zero-order valence-corrected chi connectivity index (χ0v) is 11.6. The van der Waals surface area contributed by atoms with Gasteiger partial charge < -0.3 is 4.74 Å². The highest BCUT2D eigenvalue weighted by molar-refractivity contribution is 5.15. The average molecular weight is 270 g/mol. The van der Waals surface area contributed by atoms with Crippen LogP contribution in [0.4, 0.5) is 0 Å². The van der Waals surface area contributed by atoms with Gasteiger partial charge in [0.1, 0.15) is 6.61 Å². The molecule has 104 valence electrons. The molecule has 1 saturated heterocycles. The molecule has 0 spiro atoms. The largest absolute Gasteiger partial charge is 0.364 e. The van der Waals surface area contributed by atoms with Gasteiger partial charge in [-0.05, 0) is 18.0 Å². The molecule has 2 rings (SSSR count). The number of azide groups is 1. The Morgan fingerprint density at radius 3 is 2.90 bits per heavy atom. The Balaban J connectivity index is 1.95. The van der Waals surface area contributed by atoms with E-state index in [-0.39, 0.29) is 12.1 Å². The van der Waals surface area contributed by atoms with Crippen molar-refractivity contribution < 1.29 is 4.74 Å². The number of rotatable bonds is 5. The molecule has 0 amide bonds. The Bertz CT molecular complexity index is 528. The lowest BCUT2D eigenvalue weighted by Gasteiger charge is -2.15. The van der Waals surface area contributed by atoms with Gasteiger partial charge >= 0.3 is 0 Å². The van der Waals surface area contributed by atoms with Gasteiger partial charge in [0.25, 0.3) is 0 Å². The Morgan fingerprint density at radius 1 is 1.40 bits per heavy atom. The molecule has 0 aliphatic carbocycles. The van der Waals surface area contributed by atoms with E-state index in [1.54, 1.807) is 6.92 Å². The number of nitrogens with zero attached hydrogens (tertiary/aromatic N) is 4. The lowest BCUT2D eigenvalue weighted by molar-refractivity contribution is 0.0742. The summed E-state index contributed by atoms with van der Waals surface area (Å²) in [7, 11) is 0. The van der Waals surface area contributed by atoms with Crippen LogP contribution in [0.5, 0.6) is 0 Å². The minimum atomic E-state index is -0.137. The summed E-state index contributed by atoms with van der Waals surface area (Å²) in [4.78, 5) is 5.17. The van der Waals surface area contributed by atoms with E-state index in [1.165, 1.54) is 5.56 Å². The predicted octanol–water partition coefficient (Wildman–Crippen LogP) is 2.59. The van der Waals surface area contributed by atoms with Gasteiger partial charge in [0.15, 0.2) is 0 Å². The third-order valence-electron chi connectivity index (χ3n) is 3.31. The van der Waals surface area contributed by atoms with Crippen LogP contribution in [0.15, 0.2) is 35.4 Å². The number of likely N-dealkylation sites (tertiary alicyclic amines) is 1. The van der Waals surface area contributed by atoms with E-state index in [2.05, 4.69) is 38.9 Å². The van der Waals surface area contributed by atoms with E-state index >= 15 is 0 Å². The van der Waals surface area contributed by atoms with Crippen LogP contribution < -0.4 is 0 Å². The standard InChI is InChI=1S/C15H18N4O/c1-2-3-9-20-15-12-19(11-14(15)17-18-16)10-13-7-5-4-6-8-13/h4-8,14-15H,9-12H2,1H3/t14-,15-/m1/s1. The second-order valence-corrected chi connectivity index (χ2v) is 4.73. The Morgan fingerprint density at radius 2 is 2.20 bits per heavy atom. The second-order valence-electron chi connectivity index (χ2n) is 4.73.